The lowest BCUT2D eigenvalue weighted by Crippen LogP contribution is -2.53. The Morgan fingerprint density at radius 2 is 1.86 bits per heavy atom. The highest BCUT2D eigenvalue weighted by molar-refractivity contribution is 6.06. The second-order valence-electron chi connectivity index (χ2n) is 6.82. The molecule has 0 atom stereocenters. The summed E-state index contributed by atoms with van der Waals surface area (Å²) in [7, 11) is 0. The second-order valence-corrected chi connectivity index (χ2v) is 6.82. The van der Waals surface area contributed by atoms with Crippen LogP contribution in [0.4, 0.5) is 10.1 Å². The average Bonchev–Trinajstić information content (AvgIpc) is 2.69. The van der Waals surface area contributed by atoms with Crippen LogP contribution < -0.4 is 5.32 Å². The number of nitrogens with one attached hydrogen (secondary N) is 1. The molecule has 7 heteroatoms. The van der Waals surface area contributed by atoms with Crippen LogP contribution in [-0.4, -0.2) is 54.3 Å². The molecule has 0 spiro atoms. The molecule has 2 aromatic carbocycles. The zero-order chi connectivity index (χ0) is 20.1. The molecular formula is C21H23FN4O2. The molecule has 6 nitrogen and oxygen atoms in total. The van der Waals surface area contributed by atoms with Crippen LogP contribution in [0, 0.1) is 19.7 Å². The normalized spacial score (nSPS) is 14.8. The van der Waals surface area contributed by atoms with Crippen LogP contribution in [0.5, 0.6) is 0 Å². The topological polar surface area (TPSA) is 65.0 Å². The van der Waals surface area contributed by atoms with E-state index in [0.717, 1.165) is 23.2 Å². The van der Waals surface area contributed by atoms with Crippen molar-refractivity contribution in [3.05, 3.63) is 65.0 Å². The maximum Gasteiger partial charge on any atom is 0.258 e. The van der Waals surface area contributed by atoms with E-state index in [-0.39, 0.29) is 5.56 Å². The fourth-order valence-electron chi connectivity index (χ4n) is 3.07. The minimum Gasteiger partial charge on any atom is -0.342 e. The first-order chi connectivity index (χ1) is 13.5. The predicted molar refractivity (Wildman–Crippen MR) is 106 cm³/mol. The number of hydrogen-bond donors (Lipinski definition) is 1. The third kappa shape index (κ3) is 4.73. The van der Waals surface area contributed by atoms with Gasteiger partial charge in [0.25, 0.3) is 5.91 Å². The van der Waals surface area contributed by atoms with Gasteiger partial charge in [-0.3, -0.25) is 14.9 Å². The monoisotopic (exact) mass is 382 g/mol. The summed E-state index contributed by atoms with van der Waals surface area (Å²) in [4.78, 5) is 31.9. The number of amides is 2. The summed E-state index contributed by atoms with van der Waals surface area (Å²) in [5.74, 6) is -0.507. The molecule has 1 N–H and O–H groups in total. The van der Waals surface area contributed by atoms with Gasteiger partial charge < -0.3 is 9.80 Å². The van der Waals surface area contributed by atoms with Crippen molar-refractivity contribution in [1.29, 1.82) is 0 Å². The minimum atomic E-state index is -0.472. The quantitative estimate of drug-likeness (QED) is 0.504. The third-order valence-electron chi connectivity index (χ3n) is 4.65. The Labute approximate surface area is 163 Å². The Hall–Kier alpha value is -3.22. The molecule has 0 saturated carbocycles. The van der Waals surface area contributed by atoms with Gasteiger partial charge in [0.15, 0.2) is 0 Å². The number of hydrogen-bond acceptors (Lipinski definition) is 3. The zero-order valence-electron chi connectivity index (χ0n) is 16.0. The molecule has 0 radical (unpaired) electrons. The van der Waals surface area contributed by atoms with Crippen LogP contribution in [0.15, 0.2) is 47.5 Å². The van der Waals surface area contributed by atoms with E-state index >= 15 is 0 Å². The molecule has 0 bridgehead atoms. The Bertz CT molecular complexity index is 905. The van der Waals surface area contributed by atoms with Crippen molar-refractivity contribution >= 4 is 24.0 Å². The van der Waals surface area contributed by atoms with Crippen molar-refractivity contribution in [2.45, 2.75) is 13.8 Å². The number of benzene rings is 2. The summed E-state index contributed by atoms with van der Waals surface area (Å²) in [5, 5.41) is 2.82. The predicted octanol–water partition coefficient (Wildman–Crippen LogP) is 2.63. The number of aryl methyl sites for hydroxylation is 2. The van der Waals surface area contributed by atoms with Crippen LogP contribution in [0.3, 0.4) is 0 Å². The number of nitrogens with zero attached hydrogens (tertiary/aromatic N) is 3. The highest BCUT2D eigenvalue weighted by atomic mass is 19.1. The first-order valence-electron chi connectivity index (χ1n) is 9.13. The van der Waals surface area contributed by atoms with Crippen molar-refractivity contribution in [2.24, 2.45) is 4.99 Å². The van der Waals surface area contributed by atoms with Gasteiger partial charge in [-0.15, -0.1) is 0 Å². The van der Waals surface area contributed by atoms with Crippen LogP contribution >= 0.6 is 0 Å². The van der Waals surface area contributed by atoms with Crippen molar-refractivity contribution in [1.82, 2.24) is 15.1 Å². The van der Waals surface area contributed by atoms with E-state index in [0.29, 0.717) is 32.1 Å². The van der Waals surface area contributed by atoms with E-state index in [9.17, 15) is 14.0 Å². The lowest BCUT2D eigenvalue weighted by molar-refractivity contribution is -0.119. The lowest BCUT2D eigenvalue weighted by atomic mass is 10.1. The van der Waals surface area contributed by atoms with Crippen molar-refractivity contribution in [2.75, 3.05) is 26.2 Å². The van der Waals surface area contributed by atoms with Crippen LogP contribution in [0.25, 0.3) is 0 Å². The molecule has 3 rings (SSSR count). The maximum absolute atomic E-state index is 13.5. The fraction of sp³-hybridized carbons (Fsp3) is 0.286. The summed E-state index contributed by atoms with van der Waals surface area (Å²) in [6.07, 6.45) is 0.823. The van der Waals surface area contributed by atoms with Gasteiger partial charge in [-0.05, 0) is 43.7 Å². The van der Waals surface area contributed by atoms with Gasteiger partial charge in [0.05, 0.1) is 5.69 Å². The smallest absolute Gasteiger partial charge is 0.258 e. The van der Waals surface area contributed by atoms with E-state index in [1.165, 1.54) is 18.2 Å². The molecule has 1 saturated heterocycles. The highest BCUT2D eigenvalue weighted by Gasteiger charge is 2.21. The van der Waals surface area contributed by atoms with Crippen molar-refractivity contribution in [3.8, 4) is 0 Å². The number of carbonyl (C=O) groups is 2. The second kappa shape index (κ2) is 8.65. The first-order valence-corrected chi connectivity index (χ1v) is 9.13. The first kappa shape index (κ1) is 19.5. The minimum absolute atomic E-state index is 0.222. The van der Waals surface area contributed by atoms with E-state index in [4.69, 9.17) is 0 Å². The van der Waals surface area contributed by atoms with Gasteiger partial charge in [-0.2, -0.15) is 0 Å². The van der Waals surface area contributed by atoms with E-state index < -0.39 is 11.7 Å². The Morgan fingerprint density at radius 1 is 1.11 bits per heavy atom. The van der Waals surface area contributed by atoms with Gasteiger partial charge in [-0.1, -0.05) is 23.8 Å². The summed E-state index contributed by atoms with van der Waals surface area (Å²) < 4.78 is 13.5. The number of carbonyl (C=O) groups excluding carboxylic acids is 2. The molecule has 28 heavy (non-hydrogen) atoms. The number of piperazine rings is 1. The molecule has 1 heterocycles. The van der Waals surface area contributed by atoms with Crippen LogP contribution in [0.2, 0.25) is 0 Å². The molecular weight excluding hydrogens is 359 g/mol. The van der Waals surface area contributed by atoms with Gasteiger partial charge in [0.1, 0.15) is 5.82 Å². The molecule has 2 aromatic rings. The fourth-order valence-corrected chi connectivity index (χ4v) is 3.07. The number of guanidine groups is 1. The number of halogens is 1. The van der Waals surface area contributed by atoms with Gasteiger partial charge >= 0.3 is 0 Å². The van der Waals surface area contributed by atoms with E-state index in [1.807, 2.05) is 36.9 Å². The van der Waals surface area contributed by atoms with Crippen LogP contribution in [-0.2, 0) is 4.79 Å². The molecule has 1 fully saturated rings. The van der Waals surface area contributed by atoms with E-state index in [2.05, 4.69) is 10.3 Å². The molecule has 146 valence electrons. The molecule has 0 aromatic heterocycles. The number of aliphatic imine (C=N–C) groups is 1. The van der Waals surface area contributed by atoms with Gasteiger partial charge in [-0.25, -0.2) is 9.38 Å². The number of rotatable bonds is 3. The maximum atomic E-state index is 13.5. The highest BCUT2D eigenvalue weighted by Crippen LogP contribution is 2.20. The van der Waals surface area contributed by atoms with Crippen molar-refractivity contribution < 1.29 is 14.0 Å². The van der Waals surface area contributed by atoms with Gasteiger partial charge in [0, 0.05) is 31.7 Å². The largest absolute Gasteiger partial charge is 0.342 e. The molecule has 1 aliphatic heterocycles. The molecule has 0 aliphatic carbocycles. The Kier molecular flexibility index (Phi) is 6.03. The summed E-state index contributed by atoms with van der Waals surface area (Å²) in [5.41, 5.74) is 3.09. The third-order valence-corrected chi connectivity index (χ3v) is 4.65. The molecule has 2 amide bonds. The standard InChI is InChI=1S/C21H23FN4O2/c1-15-6-7-19(16(2)12-15)23-21(26-10-8-25(14-27)9-11-26)24-20(28)17-4-3-5-18(22)13-17/h3-7,12-14H,8-11H2,1-2H3,(H,23,24,28). The average molecular weight is 382 g/mol. The molecule has 0 unspecified atom stereocenters. The van der Waals surface area contributed by atoms with Gasteiger partial charge in [0.2, 0.25) is 12.4 Å². The lowest BCUT2D eigenvalue weighted by Gasteiger charge is -2.34. The Morgan fingerprint density at radius 3 is 2.50 bits per heavy atom. The summed E-state index contributed by atoms with van der Waals surface area (Å²) in [6.45, 7) is 6.16. The SMILES string of the molecule is Cc1ccc(N=C(NC(=O)c2cccc(F)c2)N2CCN(C=O)CC2)c(C)c1. The van der Waals surface area contributed by atoms with Crippen molar-refractivity contribution in [3.63, 3.8) is 0 Å². The summed E-state index contributed by atoms with van der Waals surface area (Å²) in [6, 6.07) is 11.4. The zero-order valence-corrected chi connectivity index (χ0v) is 16.0. The van der Waals surface area contributed by atoms with Crippen LogP contribution in [0.1, 0.15) is 21.5 Å². The van der Waals surface area contributed by atoms with E-state index in [1.54, 1.807) is 11.0 Å². The Balaban J connectivity index is 1.89. The molecule has 1 aliphatic rings. The summed E-state index contributed by atoms with van der Waals surface area (Å²) >= 11 is 0.